The van der Waals surface area contributed by atoms with Crippen molar-refractivity contribution in [3.63, 3.8) is 0 Å². The van der Waals surface area contributed by atoms with Crippen molar-refractivity contribution in [2.24, 2.45) is 0 Å². The van der Waals surface area contributed by atoms with Gasteiger partial charge in [-0.2, -0.15) is 0 Å². The van der Waals surface area contributed by atoms with Crippen LogP contribution < -0.4 is 0 Å². The molecule has 0 aliphatic carbocycles. The molecule has 1 N–H and O–H groups in total. The van der Waals surface area contributed by atoms with Crippen LogP contribution in [0.4, 0.5) is 0 Å². The van der Waals surface area contributed by atoms with Gasteiger partial charge in [-0.3, -0.25) is 0 Å². The summed E-state index contributed by atoms with van der Waals surface area (Å²) < 4.78 is 0. The summed E-state index contributed by atoms with van der Waals surface area (Å²) in [4.78, 5) is 3.30. The smallest absolute Gasteiger partial charge is 0.0460 e. The van der Waals surface area contributed by atoms with Crippen LogP contribution in [-0.2, 0) is 0 Å². The first kappa shape index (κ1) is 10.4. The standard InChI is InChI=1S/C15H12ClN/c1-10-2-7-15-13(8-10)14(9-17-15)11-3-5-12(16)6-4-11/h2-9,17H,1H3. The number of H-pyrrole nitrogens is 1. The summed E-state index contributed by atoms with van der Waals surface area (Å²) in [5.74, 6) is 0. The van der Waals surface area contributed by atoms with Gasteiger partial charge in [0.05, 0.1) is 0 Å². The summed E-state index contributed by atoms with van der Waals surface area (Å²) in [5.41, 5.74) is 4.85. The first-order chi connectivity index (χ1) is 8.24. The summed E-state index contributed by atoms with van der Waals surface area (Å²) in [6, 6.07) is 14.4. The molecule has 2 heteroatoms. The Morgan fingerprint density at radius 2 is 1.76 bits per heavy atom. The minimum atomic E-state index is 0.768. The Kier molecular flexibility index (Phi) is 2.41. The number of aromatic amines is 1. The molecule has 3 aromatic rings. The van der Waals surface area contributed by atoms with Crippen molar-refractivity contribution in [1.29, 1.82) is 0 Å². The Hall–Kier alpha value is -1.73. The number of fused-ring (bicyclic) bond motifs is 1. The second-order valence-electron chi connectivity index (χ2n) is 4.26. The zero-order chi connectivity index (χ0) is 11.8. The molecule has 1 heterocycles. The lowest BCUT2D eigenvalue weighted by atomic mass is 10.0. The summed E-state index contributed by atoms with van der Waals surface area (Å²) in [6.45, 7) is 2.11. The summed E-state index contributed by atoms with van der Waals surface area (Å²) >= 11 is 5.91. The summed E-state index contributed by atoms with van der Waals surface area (Å²) in [6.07, 6.45) is 2.05. The highest BCUT2D eigenvalue weighted by Gasteiger charge is 2.05. The zero-order valence-corrected chi connectivity index (χ0v) is 10.3. The Morgan fingerprint density at radius 3 is 2.53 bits per heavy atom. The van der Waals surface area contributed by atoms with Gasteiger partial charge in [-0.05, 0) is 36.8 Å². The molecule has 0 saturated carbocycles. The molecule has 84 valence electrons. The Bertz CT molecular complexity index is 665. The molecule has 3 rings (SSSR count). The quantitative estimate of drug-likeness (QED) is 0.630. The van der Waals surface area contributed by atoms with E-state index in [1.165, 1.54) is 27.6 Å². The molecule has 0 saturated heterocycles. The van der Waals surface area contributed by atoms with E-state index in [1.807, 2.05) is 30.5 Å². The molecule has 2 aromatic carbocycles. The Balaban J connectivity index is 2.23. The van der Waals surface area contributed by atoms with Crippen LogP contribution in [-0.4, -0.2) is 4.98 Å². The molecule has 1 aromatic heterocycles. The van der Waals surface area contributed by atoms with Gasteiger partial charge < -0.3 is 4.98 Å². The van der Waals surface area contributed by atoms with Crippen LogP contribution in [0.2, 0.25) is 5.02 Å². The van der Waals surface area contributed by atoms with Gasteiger partial charge in [0.25, 0.3) is 0 Å². The van der Waals surface area contributed by atoms with Crippen LogP contribution in [0.1, 0.15) is 5.56 Å². The van der Waals surface area contributed by atoms with Gasteiger partial charge in [-0.25, -0.2) is 0 Å². The fraction of sp³-hybridized carbons (Fsp3) is 0.0667. The lowest BCUT2D eigenvalue weighted by Gasteiger charge is -2.00. The first-order valence-corrected chi connectivity index (χ1v) is 5.95. The fourth-order valence-corrected chi connectivity index (χ4v) is 2.23. The third-order valence-corrected chi connectivity index (χ3v) is 3.24. The molecule has 0 fully saturated rings. The van der Waals surface area contributed by atoms with Crippen LogP contribution >= 0.6 is 11.6 Å². The SMILES string of the molecule is Cc1ccc2[nH]cc(-c3ccc(Cl)cc3)c2c1. The van der Waals surface area contributed by atoms with E-state index in [1.54, 1.807) is 0 Å². The lowest BCUT2D eigenvalue weighted by molar-refractivity contribution is 1.45. The second-order valence-corrected chi connectivity index (χ2v) is 4.69. The average Bonchev–Trinajstić information content (AvgIpc) is 2.73. The van der Waals surface area contributed by atoms with E-state index in [0.717, 1.165) is 5.02 Å². The highest BCUT2D eigenvalue weighted by atomic mass is 35.5. The normalized spacial score (nSPS) is 10.9. The van der Waals surface area contributed by atoms with Gasteiger partial charge in [0, 0.05) is 27.7 Å². The monoisotopic (exact) mass is 241 g/mol. The number of aryl methyl sites for hydroxylation is 1. The molecular formula is C15H12ClN. The minimum Gasteiger partial charge on any atom is -0.361 e. The third-order valence-electron chi connectivity index (χ3n) is 2.99. The van der Waals surface area contributed by atoms with Crippen molar-refractivity contribution in [2.75, 3.05) is 0 Å². The topological polar surface area (TPSA) is 15.8 Å². The maximum Gasteiger partial charge on any atom is 0.0460 e. The van der Waals surface area contributed by atoms with E-state index in [0.29, 0.717) is 0 Å². The molecule has 0 radical (unpaired) electrons. The Labute approximate surface area is 105 Å². The van der Waals surface area contributed by atoms with E-state index in [2.05, 4.69) is 30.1 Å². The van der Waals surface area contributed by atoms with Crippen LogP contribution in [0.5, 0.6) is 0 Å². The average molecular weight is 242 g/mol. The molecular weight excluding hydrogens is 230 g/mol. The maximum atomic E-state index is 5.91. The van der Waals surface area contributed by atoms with Gasteiger partial charge in [0.15, 0.2) is 0 Å². The third kappa shape index (κ3) is 1.83. The predicted molar refractivity (Wildman–Crippen MR) is 73.5 cm³/mol. The number of rotatable bonds is 1. The van der Waals surface area contributed by atoms with Crippen molar-refractivity contribution in [3.8, 4) is 11.1 Å². The molecule has 17 heavy (non-hydrogen) atoms. The molecule has 1 nitrogen and oxygen atoms in total. The molecule has 0 aliphatic rings. The lowest BCUT2D eigenvalue weighted by Crippen LogP contribution is -1.76. The van der Waals surface area contributed by atoms with Crippen molar-refractivity contribution >= 4 is 22.5 Å². The number of benzene rings is 2. The van der Waals surface area contributed by atoms with E-state index in [-0.39, 0.29) is 0 Å². The maximum absolute atomic E-state index is 5.91. The summed E-state index contributed by atoms with van der Waals surface area (Å²) in [5, 5.41) is 2.03. The van der Waals surface area contributed by atoms with Gasteiger partial charge in [0.1, 0.15) is 0 Å². The molecule has 0 bridgehead atoms. The highest BCUT2D eigenvalue weighted by molar-refractivity contribution is 6.30. The molecule has 0 atom stereocenters. The van der Waals surface area contributed by atoms with E-state index in [4.69, 9.17) is 11.6 Å². The Morgan fingerprint density at radius 1 is 1.00 bits per heavy atom. The van der Waals surface area contributed by atoms with Crippen LogP contribution in [0, 0.1) is 6.92 Å². The second kappa shape index (κ2) is 3.94. The number of nitrogens with one attached hydrogen (secondary N) is 1. The summed E-state index contributed by atoms with van der Waals surface area (Å²) in [7, 11) is 0. The fourth-order valence-electron chi connectivity index (χ4n) is 2.10. The van der Waals surface area contributed by atoms with Crippen LogP contribution in [0.3, 0.4) is 0 Å². The van der Waals surface area contributed by atoms with Crippen molar-refractivity contribution in [1.82, 2.24) is 4.98 Å². The predicted octanol–water partition coefficient (Wildman–Crippen LogP) is 4.80. The van der Waals surface area contributed by atoms with E-state index >= 15 is 0 Å². The van der Waals surface area contributed by atoms with Crippen LogP contribution in [0.15, 0.2) is 48.7 Å². The highest BCUT2D eigenvalue weighted by Crippen LogP contribution is 2.29. The largest absolute Gasteiger partial charge is 0.361 e. The number of halogens is 1. The minimum absolute atomic E-state index is 0.768. The van der Waals surface area contributed by atoms with Gasteiger partial charge in [-0.15, -0.1) is 0 Å². The molecule has 0 aliphatic heterocycles. The molecule has 0 spiro atoms. The van der Waals surface area contributed by atoms with Gasteiger partial charge in [0.2, 0.25) is 0 Å². The zero-order valence-electron chi connectivity index (χ0n) is 9.50. The number of hydrogen-bond acceptors (Lipinski definition) is 0. The van der Waals surface area contributed by atoms with Crippen LogP contribution in [0.25, 0.3) is 22.0 Å². The van der Waals surface area contributed by atoms with Crippen molar-refractivity contribution < 1.29 is 0 Å². The van der Waals surface area contributed by atoms with Gasteiger partial charge >= 0.3 is 0 Å². The van der Waals surface area contributed by atoms with Gasteiger partial charge in [-0.1, -0.05) is 35.4 Å². The van der Waals surface area contributed by atoms with Crippen molar-refractivity contribution in [3.05, 3.63) is 59.2 Å². The molecule has 0 amide bonds. The first-order valence-electron chi connectivity index (χ1n) is 5.58. The van der Waals surface area contributed by atoms with E-state index < -0.39 is 0 Å². The number of aromatic nitrogens is 1. The molecule has 0 unspecified atom stereocenters. The van der Waals surface area contributed by atoms with E-state index in [9.17, 15) is 0 Å². The number of hydrogen-bond donors (Lipinski definition) is 1. The van der Waals surface area contributed by atoms with Crippen molar-refractivity contribution in [2.45, 2.75) is 6.92 Å².